The number of hydrogen-bond acceptors (Lipinski definition) is 4. The minimum absolute atomic E-state index is 0.0141. The second kappa shape index (κ2) is 7.92. The molecule has 0 amide bonds. The van der Waals surface area contributed by atoms with Crippen molar-refractivity contribution >= 4 is 27.5 Å². The number of sulfonamides is 1. The summed E-state index contributed by atoms with van der Waals surface area (Å²) in [6.07, 6.45) is 3.72. The molecule has 1 rings (SSSR count). The molecule has 0 aliphatic carbocycles. The molecule has 0 aliphatic rings. The van der Waals surface area contributed by atoms with Gasteiger partial charge in [-0.2, -0.15) is 8.42 Å². The Morgan fingerprint density at radius 1 is 1.59 bits per heavy atom. The summed E-state index contributed by atoms with van der Waals surface area (Å²) in [5, 5.41) is -0.315. The number of halogens is 2. The van der Waals surface area contributed by atoms with Gasteiger partial charge in [-0.1, -0.05) is 18.2 Å². The summed E-state index contributed by atoms with van der Waals surface area (Å²) < 4.78 is 46.2. The predicted molar refractivity (Wildman–Crippen MR) is 83.3 cm³/mol. The van der Waals surface area contributed by atoms with E-state index in [1.807, 2.05) is 0 Å². The molecule has 0 spiro atoms. The predicted octanol–water partition coefficient (Wildman–Crippen LogP) is 2.09. The topological polar surface area (TPSA) is 85.0 Å². The van der Waals surface area contributed by atoms with Crippen molar-refractivity contribution in [3.8, 4) is 0 Å². The quantitative estimate of drug-likeness (QED) is 0.484. The highest BCUT2D eigenvalue weighted by atomic mass is 35.5. The Bertz CT molecular complexity index is 704. The zero-order valence-corrected chi connectivity index (χ0v) is 13.3. The molecule has 0 bridgehead atoms. The van der Waals surface area contributed by atoms with Crippen LogP contribution in [0.1, 0.15) is 0 Å². The number of nitrogens with zero attached hydrogens (tertiary/aromatic N) is 2. The Labute approximate surface area is 133 Å². The molecular weight excluding hydrogens is 333 g/mol. The average molecular weight is 348 g/mol. The molecule has 6 nitrogen and oxygen atoms in total. The molecule has 0 saturated heterocycles. The van der Waals surface area contributed by atoms with E-state index in [1.54, 1.807) is 0 Å². The van der Waals surface area contributed by atoms with Crippen molar-refractivity contribution in [3.63, 3.8) is 0 Å². The Morgan fingerprint density at radius 3 is 2.77 bits per heavy atom. The molecule has 0 aromatic heterocycles. The number of nitrogens with two attached hydrogens (primary N) is 1. The van der Waals surface area contributed by atoms with E-state index in [4.69, 9.17) is 22.1 Å². The van der Waals surface area contributed by atoms with E-state index < -0.39 is 15.8 Å². The maximum atomic E-state index is 13.1. The highest BCUT2D eigenvalue weighted by Crippen LogP contribution is 2.21. The van der Waals surface area contributed by atoms with Crippen molar-refractivity contribution in [1.29, 1.82) is 0 Å². The molecule has 0 aliphatic heterocycles. The number of methoxy groups -OCH3 is 1. The number of benzene rings is 1. The van der Waals surface area contributed by atoms with Crippen LogP contribution < -0.4 is 5.73 Å². The first-order chi connectivity index (χ1) is 10.4. The van der Waals surface area contributed by atoms with Crippen molar-refractivity contribution in [2.45, 2.75) is 4.90 Å². The highest BCUT2D eigenvalue weighted by Gasteiger charge is 2.17. The minimum atomic E-state index is -4.11. The third-order valence-corrected chi connectivity index (χ3v) is 4.00. The zero-order valence-electron chi connectivity index (χ0n) is 11.7. The van der Waals surface area contributed by atoms with Crippen LogP contribution in [0, 0.1) is 5.82 Å². The van der Waals surface area contributed by atoms with Gasteiger partial charge in [0, 0.05) is 13.3 Å². The first-order valence-corrected chi connectivity index (χ1v) is 7.74. The number of rotatable bonds is 6. The smallest absolute Gasteiger partial charge is 0.284 e. The third-order valence-electron chi connectivity index (χ3n) is 2.43. The van der Waals surface area contributed by atoms with Crippen molar-refractivity contribution < 1.29 is 17.5 Å². The van der Waals surface area contributed by atoms with Crippen LogP contribution in [0.4, 0.5) is 4.39 Å². The lowest BCUT2D eigenvalue weighted by Crippen LogP contribution is -2.27. The fraction of sp³-hybridized carbons (Fsp3) is 0.154. The number of amidine groups is 1. The maximum Gasteiger partial charge on any atom is 0.284 e. The molecule has 22 heavy (non-hydrogen) atoms. The van der Waals surface area contributed by atoms with Crippen molar-refractivity contribution in [2.75, 3.05) is 13.8 Å². The molecule has 0 heterocycles. The van der Waals surface area contributed by atoms with Gasteiger partial charge in [-0.05, 0) is 30.5 Å². The molecule has 0 saturated carbocycles. The van der Waals surface area contributed by atoms with Crippen LogP contribution in [0.25, 0.3) is 0 Å². The molecule has 0 radical (unpaired) electrons. The van der Waals surface area contributed by atoms with E-state index in [1.165, 1.54) is 24.3 Å². The van der Waals surface area contributed by atoms with Gasteiger partial charge in [-0.15, -0.1) is 4.40 Å². The van der Waals surface area contributed by atoms with Crippen LogP contribution >= 0.6 is 11.6 Å². The normalized spacial score (nSPS) is 12.6. The Kier molecular flexibility index (Phi) is 6.54. The van der Waals surface area contributed by atoms with Gasteiger partial charge in [0.2, 0.25) is 0 Å². The van der Waals surface area contributed by atoms with Crippen LogP contribution in [0.2, 0.25) is 5.02 Å². The van der Waals surface area contributed by atoms with Crippen molar-refractivity contribution in [2.24, 2.45) is 10.1 Å². The lowest BCUT2D eigenvalue weighted by atomic mass is 10.3. The fourth-order valence-corrected chi connectivity index (χ4v) is 2.70. The average Bonchev–Trinajstić information content (AvgIpc) is 2.47. The van der Waals surface area contributed by atoms with Crippen LogP contribution in [-0.4, -0.2) is 33.0 Å². The molecular formula is C13H15ClFN3O3S. The number of hydrogen-bond donors (Lipinski definition) is 1. The third kappa shape index (κ3) is 4.55. The first kappa shape index (κ1) is 18.1. The van der Waals surface area contributed by atoms with Gasteiger partial charge in [0.25, 0.3) is 10.0 Å². The fourth-order valence-electron chi connectivity index (χ4n) is 1.43. The van der Waals surface area contributed by atoms with Gasteiger partial charge in [0.05, 0.1) is 9.92 Å². The van der Waals surface area contributed by atoms with E-state index in [2.05, 4.69) is 11.0 Å². The molecule has 1 aromatic rings. The summed E-state index contributed by atoms with van der Waals surface area (Å²) in [5.41, 5.74) is 5.29. The summed E-state index contributed by atoms with van der Waals surface area (Å²) in [4.78, 5) is 1.08. The standard InChI is InChI=1S/C13H15ClFN3O3S/c1-3-18(9-21-2)13(6-7-16)17-22(19,20)10-4-5-12(15)11(14)8-10/h3-8H,1,9,16H2,2H3/b7-6-,17-13+. The molecule has 9 heteroatoms. The molecule has 2 N–H and O–H groups in total. The molecule has 1 aromatic carbocycles. The van der Waals surface area contributed by atoms with Crippen LogP contribution in [0.5, 0.6) is 0 Å². The summed E-state index contributed by atoms with van der Waals surface area (Å²) in [5.74, 6) is -0.737. The van der Waals surface area contributed by atoms with Crippen molar-refractivity contribution in [1.82, 2.24) is 4.90 Å². The van der Waals surface area contributed by atoms with Crippen LogP contribution in [-0.2, 0) is 14.8 Å². The lowest BCUT2D eigenvalue weighted by Gasteiger charge is -2.18. The lowest BCUT2D eigenvalue weighted by molar-refractivity contribution is 0.135. The van der Waals surface area contributed by atoms with Gasteiger partial charge in [0.15, 0.2) is 0 Å². The largest absolute Gasteiger partial charge is 0.404 e. The second-order valence-electron chi connectivity index (χ2n) is 3.93. The summed E-state index contributed by atoms with van der Waals surface area (Å²) in [7, 11) is -2.68. The Morgan fingerprint density at radius 2 is 2.27 bits per heavy atom. The van der Waals surface area contributed by atoms with Gasteiger partial charge in [-0.25, -0.2) is 4.39 Å². The Hall–Kier alpha value is -1.90. The SMILES string of the molecule is C=CN(COC)C(/C=C\N)=N/S(=O)(=O)c1ccc(F)c(Cl)c1. The monoisotopic (exact) mass is 347 g/mol. The summed E-state index contributed by atoms with van der Waals surface area (Å²) in [6.45, 7) is 3.56. The maximum absolute atomic E-state index is 13.1. The molecule has 120 valence electrons. The van der Waals surface area contributed by atoms with E-state index in [-0.39, 0.29) is 22.5 Å². The first-order valence-electron chi connectivity index (χ1n) is 5.92. The van der Waals surface area contributed by atoms with Crippen LogP contribution in [0.3, 0.4) is 0 Å². The second-order valence-corrected chi connectivity index (χ2v) is 5.94. The van der Waals surface area contributed by atoms with E-state index in [0.717, 1.165) is 24.4 Å². The highest BCUT2D eigenvalue weighted by molar-refractivity contribution is 7.90. The Balaban J connectivity index is 3.33. The molecule has 0 unspecified atom stereocenters. The number of ether oxygens (including phenoxy) is 1. The molecule has 0 fully saturated rings. The van der Waals surface area contributed by atoms with E-state index in [0.29, 0.717) is 0 Å². The minimum Gasteiger partial charge on any atom is -0.404 e. The summed E-state index contributed by atoms with van der Waals surface area (Å²) in [6, 6.07) is 3.00. The van der Waals surface area contributed by atoms with E-state index >= 15 is 0 Å². The van der Waals surface area contributed by atoms with Gasteiger partial charge in [-0.3, -0.25) is 0 Å². The van der Waals surface area contributed by atoms with Gasteiger partial charge >= 0.3 is 0 Å². The molecule has 0 atom stereocenters. The van der Waals surface area contributed by atoms with Gasteiger partial charge < -0.3 is 15.4 Å². The van der Waals surface area contributed by atoms with Crippen molar-refractivity contribution in [3.05, 3.63) is 54.1 Å². The van der Waals surface area contributed by atoms with E-state index in [9.17, 15) is 12.8 Å². The van der Waals surface area contributed by atoms with Crippen LogP contribution in [0.15, 0.2) is 52.5 Å². The van der Waals surface area contributed by atoms with Gasteiger partial charge in [0.1, 0.15) is 18.4 Å². The summed E-state index contributed by atoms with van der Waals surface area (Å²) >= 11 is 5.59. The zero-order chi connectivity index (χ0) is 16.8.